The van der Waals surface area contributed by atoms with Gasteiger partial charge in [0.1, 0.15) is 6.04 Å². The molecule has 20 heavy (non-hydrogen) atoms. The van der Waals surface area contributed by atoms with Gasteiger partial charge in [-0.05, 0) is 43.9 Å². The number of primary amides is 1. The number of carbonyl (C=O) groups is 3. The van der Waals surface area contributed by atoms with E-state index in [9.17, 15) is 14.4 Å². The van der Waals surface area contributed by atoms with Crippen LogP contribution in [-0.2, 0) is 9.59 Å². The lowest BCUT2D eigenvalue weighted by molar-refractivity contribution is -0.139. The zero-order valence-electron chi connectivity index (χ0n) is 11.3. The van der Waals surface area contributed by atoms with Crippen LogP contribution >= 0.6 is 0 Å². The molecule has 0 aliphatic heterocycles. The lowest BCUT2D eigenvalue weighted by Crippen LogP contribution is -2.50. The highest BCUT2D eigenvalue weighted by atomic mass is 16.4. The van der Waals surface area contributed by atoms with E-state index in [0.717, 1.165) is 25.7 Å². The van der Waals surface area contributed by atoms with Crippen LogP contribution in [0.3, 0.4) is 0 Å². The van der Waals surface area contributed by atoms with Crippen molar-refractivity contribution in [3.8, 4) is 0 Å². The predicted molar refractivity (Wildman–Crippen MR) is 70.8 cm³/mol. The number of aliphatic carboxylic acids is 1. The van der Waals surface area contributed by atoms with Crippen LogP contribution in [0.15, 0.2) is 0 Å². The first-order chi connectivity index (χ1) is 9.47. The molecular weight excluding hydrogens is 262 g/mol. The number of carbonyl (C=O) groups excluding carboxylic acids is 2. The Morgan fingerprint density at radius 1 is 1.10 bits per heavy atom. The Bertz CT molecular complexity index is 392. The number of urea groups is 1. The van der Waals surface area contributed by atoms with Gasteiger partial charge >= 0.3 is 12.0 Å². The van der Waals surface area contributed by atoms with Crippen LogP contribution in [0.25, 0.3) is 0 Å². The molecule has 7 heteroatoms. The molecule has 2 fully saturated rings. The summed E-state index contributed by atoms with van der Waals surface area (Å²) in [6.45, 7) is 0. The highest BCUT2D eigenvalue weighted by molar-refractivity contribution is 5.83. The molecule has 0 bridgehead atoms. The number of hydrogen-bond donors (Lipinski definition) is 4. The molecule has 7 nitrogen and oxygen atoms in total. The predicted octanol–water partition coefficient (Wildman–Crippen LogP) is 0.193. The second-order valence-electron chi connectivity index (χ2n) is 5.71. The Balaban J connectivity index is 1.80. The summed E-state index contributed by atoms with van der Waals surface area (Å²) in [6.07, 6.45) is 4.47. The zero-order chi connectivity index (χ0) is 14.7. The summed E-state index contributed by atoms with van der Waals surface area (Å²) in [7, 11) is 0. The lowest BCUT2D eigenvalue weighted by atomic mass is 10.1. The quantitative estimate of drug-likeness (QED) is 0.508. The number of carboxylic acids is 1. The maximum atomic E-state index is 11.9. The molecule has 0 unspecified atom stereocenters. The summed E-state index contributed by atoms with van der Waals surface area (Å²) in [5.74, 6) is -0.646. The molecule has 3 amide bonds. The summed E-state index contributed by atoms with van der Waals surface area (Å²) in [6, 6.07) is -1.38. The largest absolute Gasteiger partial charge is 0.480 e. The van der Waals surface area contributed by atoms with Gasteiger partial charge in [-0.2, -0.15) is 0 Å². The molecule has 0 radical (unpaired) electrons. The number of nitrogens with one attached hydrogen (secondary N) is 2. The van der Waals surface area contributed by atoms with Crippen LogP contribution in [0.4, 0.5) is 4.79 Å². The van der Waals surface area contributed by atoms with Crippen molar-refractivity contribution >= 4 is 17.9 Å². The molecule has 0 aromatic heterocycles. The third kappa shape index (κ3) is 4.40. The number of amides is 3. The standard InChI is InChI=1S/C13H21N3O4/c14-10(17)6-5-9(12(18)19)15-13(20)16-11(7-1-2-7)8-3-4-8/h7-9,11H,1-6H2,(H2,14,17)(H,18,19)(H2,15,16,20)/t9-/m0/s1. The Labute approximate surface area is 117 Å². The molecule has 0 aromatic rings. The van der Waals surface area contributed by atoms with Crippen LogP contribution < -0.4 is 16.4 Å². The van der Waals surface area contributed by atoms with Gasteiger partial charge in [-0.1, -0.05) is 0 Å². The van der Waals surface area contributed by atoms with Gasteiger partial charge in [0.15, 0.2) is 0 Å². The topological polar surface area (TPSA) is 122 Å². The average Bonchev–Trinajstić information content (AvgIpc) is 3.24. The van der Waals surface area contributed by atoms with Gasteiger partial charge in [-0.25, -0.2) is 9.59 Å². The monoisotopic (exact) mass is 283 g/mol. The van der Waals surface area contributed by atoms with E-state index in [1.807, 2.05) is 0 Å². The summed E-state index contributed by atoms with van der Waals surface area (Å²) in [5.41, 5.74) is 4.99. The molecule has 2 rings (SSSR count). The first-order valence-corrected chi connectivity index (χ1v) is 7.05. The van der Waals surface area contributed by atoms with Gasteiger partial charge in [-0.15, -0.1) is 0 Å². The van der Waals surface area contributed by atoms with Crippen molar-refractivity contribution in [2.75, 3.05) is 0 Å². The van der Waals surface area contributed by atoms with Gasteiger partial charge < -0.3 is 21.5 Å². The van der Waals surface area contributed by atoms with Crippen molar-refractivity contribution in [3.05, 3.63) is 0 Å². The molecule has 1 atom stereocenters. The van der Waals surface area contributed by atoms with Crippen molar-refractivity contribution in [2.45, 2.75) is 50.6 Å². The fourth-order valence-electron chi connectivity index (χ4n) is 2.43. The summed E-state index contributed by atoms with van der Waals surface area (Å²) >= 11 is 0. The van der Waals surface area contributed by atoms with E-state index in [4.69, 9.17) is 10.8 Å². The summed E-state index contributed by atoms with van der Waals surface area (Å²) in [5, 5.41) is 14.3. The van der Waals surface area contributed by atoms with E-state index in [0.29, 0.717) is 11.8 Å². The van der Waals surface area contributed by atoms with Crippen molar-refractivity contribution < 1.29 is 19.5 Å². The van der Waals surface area contributed by atoms with E-state index in [1.165, 1.54) is 0 Å². The van der Waals surface area contributed by atoms with E-state index < -0.39 is 23.9 Å². The maximum absolute atomic E-state index is 11.9. The third-order valence-electron chi connectivity index (χ3n) is 3.84. The molecule has 2 saturated carbocycles. The second kappa shape index (κ2) is 6.11. The Kier molecular flexibility index (Phi) is 4.46. The molecule has 2 aliphatic carbocycles. The van der Waals surface area contributed by atoms with Gasteiger partial charge in [0.25, 0.3) is 0 Å². The van der Waals surface area contributed by atoms with E-state index in [1.54, 1.807) is 0 Å². The molecule has 5 N–H and O–H groups in total. The van der Waals surface area contributed by atoms with Gasteiger partial charge in [0, 0.05) is 12.5 Å². The molecule has 112 valence electrons. The number of rotatable bonds is 8. The summed E-state index contributed by atoms with van der Waals surface area (Å²) in [4.78, 5) is 33.6. The van der Waals surface area contributed by atoms with Crippen LogP contribution in [0.1, 0.15) is 38.5 Å². The van der Waals surface area contributed by atoms with E-state index in [2.05, 4.69) is 10.6 Å². The highest BCUT2D eigenvalue weighted by Gasteiger charge is 2.42. The van der Waals surface area contributed by atoms with Crippen molar-refractivity contribution in [2.24, 2.45) is 17.6 Å². The van der Waals surface area contributed by atoms with Crippen LogP contribution in [-0.4, -0.2) is 35.1 Å². The van der Waals surface area contributed by atoms with Crippen molar-refractivity contribution in [1.29, 1.82) is 0 Å². The zero-order valence-corrected chi connectivity index (χ0v) is 11.3. The van der Waals surface area contributed by atoms with Gasteiger partial charge in [0.05, 0.1) is 0 Å². The molecular formula is C13H21N3O4. The molecule has 0 spiro atoms. The highest BCUT2D eigenvalue weighted by Crippen LogP contribution is 2.44. The van der Waals surface area contributed by atoms with Gasteiger partial charge in [-0.3, -0.25) is 4.79 Å². The average molecular weight is 283 g/mol. The van der Waals surface area contributed by atoms with Crippen LogP contribution in [0, 0.1) is 11.8 Å². The molecule has 0 saturated heterocycles. The summed E-state index contributed by atoms with van der Waals surface area (Å²) < 4.78 is 0. The SMILES string of the molecule is NC(=O)CC[C@H](NC(=O)NC(C1CC1)C1CC1)C(=O)O. The normalized spacial score (nSPS) is 19.4. The fourth-order valence-corrected chi connectivity index (χ4v) is 2.43. The Morgan fingerprint density at radius 3 is 2.05 bits per heavy atom. The number of nitrogens with two attached hydrogens (primary N) is 1. The second-order valence-corrected chi connectivity index (χ2v) is 5.71. The minimum Gasteiger partial charge on any atom is -0.480 e. The van der Waals surface area contributed by atoms with Crippen LogP contribution in [0.5, 0.6) is 0 Å². The minimum atomic E-state index is -1.16. The minimum absolute atomic E-state index is 0.00953. The smallest absolute Gasteiger partial charge is 0.326 e. The third-order valence-corrected chi connectivity index (χ3v) is 3.84. The van der Waals surface area contributed by atoms with Gasteiger partial charge in [0.2, 0.25) is 5.91 Å². The van der Waals surface area contributed by atoms with Crippen LogP contribution in [0.2, 0.25) is 0 Å². The number of hydrogen-bond acceptors (Lipinski definition) is 3. The maximum Gasteiger partial charge on any atom is 0.326 e. The lowest BCUT2D eigenvalue weighted by Gasteiger charge is -2.20. The fraction of sp³-hybridized carbons (Fsp3) is 0.769. The number of carboxylic acid groups (broad SMARTS) is 1. The van der Waals surface area contributed by atoms with E-state index >= 15 is 0 Å². The van der Waals surface area contributed by atoms with E-state index in [-0.39, 0.29) is 18.9 Å². The molecule has 2 aliphatic rings. The first kappa shape index (κ1) is 14.6. The van der Waals surface area contributed by atoms with Crippen molar-refractivity contribution in [3.63, 3.8) is 0 Å². The Hall–Kier alpha value is -1.79. The first-order valence-electron chi connectivity index (χ1n) is 7.05. The molecule has 0 aromatic carbocycles. The molecule has 0 heterocycles. The Morgan fingerprint density at radius 2 is 1.65 bits per heavy atom. The van der Waals surface area contributed by atoms with Crippen molar-refractivity contribution in [1.82, 2.24) is 10.6 Å².